The van der Waals surface area contributed by atoms with Crippen molar-refractivity contribution in [2.75, 3.05) is 27.3 Å². The van der Waals surface area contributed by atoms with E-state index in [4.69, 9.17) is 14.2 Å². The summed E-state index contributed by atoms with van der Waals surface area (Å²) < 4.78 is 16.5. The van der Waals surface area contributed by atoms with Gasteiger partial charge in [-0.05, 0) is 24.6 Å². The zero-order chi connectivity index (χ0) is 19.5. The summed E-state index contributed by atoms with van der Waals surface area (Å²) in [5, 5.41) is 6.33. The molecule has 7 heteroatoms. The zero-order valence-corrected chi connectivity index (χ0v) is 16.0. The van der Waals surface area contributed by atoms with Crippen LogP contribution in [-0.2, 0) is 6.54 Å². The van der Waals surface area contributed by atoms with Crippen molar-refractivity contribution in [1.29, 1.82) is 0 Å². The first kappa shape index (κ1) is 20.1. The molecule has 2 rings (SSSR count). The van der Waals surface area contributed by atoms with Gasteiger partial charge < -0.3 is 24.8 Å². The van der Waals surface area contributed by atoms with E-state index in [0.29, 0.717) is 36.2 Å². The molecule has 0 saturated carbocycles. The molecule has 0 aliphatic carbocycles. The third-order valence-electron chi connectivity index (χ3n) is 3.56. The van der Waals surface area contributed by atoms with Crippen LogP contribution in [0, 0.1) is 0 Å². The smallest absolute Gasteiger partial charge is 0.219 e. The average molecular weight is 370 g/mol. The van der Waals surface area contributed by atoms with Crippen LogP contribution >= 0.6 is 0 Å². The van der Waals surface area contributed by atoms with Gasteiger partial charge in [0.05, 0.1) is 20.8 Å². The quantitative estimate of drug-likeness (QED) is 0.401. The van der Waals surface area contributed by atoms with Gasteiger partial charge in [0.1, 0.15) is 0 Å². The van der Waals surface area contributed by atoms with Crippen molar-refractivity contribution in [2.45, 2.75) is 13.5 Å². The highest BCUT2D eigenvalue weighted by Crippen LogP contribution is 2.39. The number of aliphatic imine (C=N–C) groups is 1. The second-order valence-electron chi connectivity index (χ2n) is 5.46. The van der Waals surface area contributed by atoms with Crippen molar-refractivity contribution in [3.05, 3.63) is 54.7 Å². The summed E-state index contributed by atoms with van der Waals surface area (Å²) in [5.74, 6) is 2.82. The second kappa shape index (κ2) is 10.7. The van der Waals surface area contributed by atoms with Gasteiger partial charge in [-0.1, -0.05) is 18.2 Å². The van der Waals surface area contributed by atoms with Gasteiger partial charge >= 0.3 is 0 Å². The van der Waals surface area contributed by atoms with Gasteiger partial charge in [0, 0.05) is 25.4 Å². The fourth-order valence-electron chi connectivity index (χ4n) is 2.27. The van der Waals surface area contributed by atoms with E-state index >= 15 is 0 Å². The number of hydrogen-bond acceptors (Lipinski definition) is 5. The maximum absolute atomic E-state index is 5.86. The molecule has 1 aromatic heterocycles. The molecule has 0 bridgehead atoms. The van der Waals surface area contributed by atoms with Crippen molar-refractivity contribution < 1.29 is 14.2 Å². The zero-order valence-electron chi connectivity index (χ0n) is 16.0. The summed E-state index contributed by atoms with van der Waals surface area (Å²) in [6.45, 7) is 7.65. The summed E-state index contributed by atoms with van der Waals surface area (Å²) in [5.41, 5.74) is 0.963. The number of methoxy groups -OCH3 is 2. The van der Waals surface area contributed by atoms with E-state index in [9.17, 15) is 0 Å². The van der Waals surface area contributed by atoms with Crippen LogP contribution in [0.4, 0.5) is 0 Å². The molecule has 0 fully saturated rings. The summed E-state index contributed by atoms with van der Waals surface area (Å²) in [7, 11) is 3.16. The molecule has 0 radical (unpaired) electrons. The molecule has 2 aromatic rings. The van der Waals surface area contributed by atoms with Crippen molar-refractivity contribution in [3.63, 3.8) is 0 Å². The van der Waals surface area contributed by atoms with Crippen LogP contribution in [0.5, 0.6) is 23.1 Å². The van der Waals surface area contributed by atoms with Crippen molar-refractivity contribution in [2.24, 2.45) is 4.99 Å². The fourth-order valence-corrected chi connectivity index (χ4v) is 2.27. The van der Waals surface area contributed by atoms with Gasteiger partial charge in [-0.15, -0.1) is 6.58 Å². The van der Waals surface area contributed by atoms with Crippen LogP contribution in [-0.4, -0.2) is 38.3 Å². The number of para-hydroxylation sites is 1. The lowest BCUT2D eigenvalue weighted by atomic mass is 10.3. The number of aromatic nitrogens is 1. The van der Waals surface area contributed by atoms with Crippen LogP contribution in [0.2, 0.25) is 0 Å². The molecule has 27 heavy (non-hydrogen) atoms. The third-order valence-corrected chi connectivity index (χ3v) is 3.56. The van der Waals surface area contributed by atoms with Gasteiger partial charge in [-0.2, -0.15) is 0 Å². The number of benzene rings is 1. The molecule has 2 N–H and O–H groups in total. The van der Waals surface area contributed by atoms with Crippen molar-refractivity contribution >= 4 is 5.96 Å². The number of pyridine rings is 1. The molecule has 0 atom stereocenters. The lowest BCUT2D eigenvalue weighted by Crippen LogP contribution is -2.37. The van der Waals surface area contributed by atoms with E-state index in [-0.39, 0.29) is 0 Å². The normalized spacial score (nSPS) is 10.9. The Hall–Kier alpha value is -3.22. The maximum atomic E-state index is 5.86. The Bertz CT molecular complexity index is 738. The lowest BCUT2D eigenvalue weighted by molar-refractivity contribution is 0.342. The summed E-state index contributed by atoms with van der Waals surface area (Å²) in [4.78, 5) is 8.87. The fraction of sp³-hybridized carbons (Fsp3) is 0.300. The Kier molecular flexibility index (Phi) is 7.96. The first-order chi connectivity index (χ1) is 13.2. The van der Waals surface area contributed by atoms with E-state index in [1.165, 1.54) is 0 Å². The average Bonchev–Trinajstić information content (AvgIpc) is 2.71. The van der Waals surface area contributed by atoms with Gasteiger partial charge in [-0.3, -0.25) is 0 Å². The minimum Gasteiger partial charge on any atom is -0.493 e. The number of nitrogens with zero attached hydrogens (tertiary/aromatic N) is 2. The molecule has 1 aromatic carbocycles. The lowest BCUT2D eigenvalue weighted by Gasteiger charge is -2.13. The van der Waals surface area contributed by atoms with E-state index in [2.05, 4.69) is 27.2 Å². The SMILES string of the molecule is C=CCNC(=NCc1ccc(Oc2c(OC)cccc2OC)nc1)NCC. The molecule has 0 amide bonds. The standard InChI is InChI=1S/C20H26N4O3/c1-5-12-22-20(21-6-2)24-14-15-10-11-18(23-13-15)27-19-16(25-3)8-7-9-17(19)26-4/h5,7-11,13H,1,6,12,14H2,2-4H3,(H2,21,22,24). The Balaban J connectivity index is 2.08. The van der Waals surface area contributed by atoms with E-state index in [0.717, 1.165) is 18.1 Å². The molecule has 144 valence electrons. The molecule has 0 aliphatic rings. The minimum atomic E-state index is 0.446. The molecular formula is C20H26N4O3. The van der Waals surface area contributed by atoms with Crippen LogP contribution < -0.4 is 24.8 Å². The highest BCUT2D eigenvalue weighted by atomic mass is 16.5. The number of ether oxygens (including phenoxy) is 3. The van der Waals surface area contributed by atoms with Crippen molar-refractivity contribution in [3.8, 4) is 23.1 Å². The van der Waals surface area contributed by atoms with Crippen LogP contribution in [0.15, 0.2) is 54.2 Å². The molecule has 0 aliphatic heterocycles. The highest BCUT2D eigenvalue weighted by molar-refractivity contribution is 5.79. The van der Waals surface area contributed by atoms with Gasteiger partial charge in [-0.25, -0.2) is 9.98 Å². The number of guanidine groups is 1. The Morgan fingerprint density at radius 2 is 1.89 bits per heavy atom. The third kappa shape index (κ3) is 5.91. The van der Waals surface area contributed by atoms with Gasteiger partial charge in [0.2, 0.25) is 11.6 Å². The van der Waals surface area contributed by atoms with Crippen molar-refractivity contribution in [1.82, 2.24) is 15.6 Å². The molecule has 1 heterocycles. The monoisotopic (exact) mass is 370 g/mol. The van der Waals surface area contributed by atoms with Gasteiger partial charge in [0.15, 0.2) is 17.5 Å². The van der Waals surface area contributed by atoms with Gasteiger partial charge in [0.25, 0.3) is 0 Å². The molecular weight excluding hydrogens is 344 g/mol. The van der Waals surface area contributed by atoms with E-state index < -0.39 is 0 Å². The molecule has 0 saturated heterocycles. The summed E-state index contributed by atoms with van der Waals surface area (Å²) in [6, 6.07) is 9.16. The topological polar surface area (TPSA) is 77.0 Å². The maximum Gasteiger partial charge on any atom is 0.219 e. The summed E-state index contributed by atoms with van der Waals surface area (Å²) >= 11 is 0. The van der Waals surface area contributed by atoms with E-state index in [1.807, 2.05) is 19.1 Å². The highest BCUT2D eigenvalue weighted by Gasteiger charge is 2.13. The van der Waals surface area contributed by atoms with Crippen LogP contribution in [0.1, 0.15) is 12.5 Å². The number of hydrogen-bond donors (Lipinski definition) is 2. The largest absolute Gasteiger partial charge is 0.493 e. The first-order valence-electron chi connectivity index (χ1n) is 8.68. The Labute approximate surface area is 160 Å². The van der Waals surface area contributed by atoms with Crippen LogP contribution in [0.3, 0.4) is 0 Å². The Morgan fingerprint density at radius 1 is 1.15 bits per heavy atom. The van der Waals surface area contributed by atoms with E-state index in [1.54, 1.807) is 44.7 Å². The molecule has 7 nitrogen and oxygen atoms in total. The minimum absolute atomic E-state index is 0.446. The number of rotatable bonds is 9. The molecule has 0 spiro atoms. The molecule has 0 unspecified atom stereocenters. The number of nitrogens with one attached hydrogen (secondary N) is 2. The predicted molar refractivity (Wildman–Crippen MR) is 107 cm³/mol. The first-order valence-corrected chi connectivity index (χ1v) is 8.68. The summed E-state index contributed by atoms with van der Waals surface area (Å²) in [6.07, 6.45) is 3.52. The predicted octanol–water partition coefficient (Wildman–Crippen LogP) is 3.13. The van der Waals surface area contributed by atoms with Crippen LogP contribution in [0.25, 0.3) is 0 Å². The second-order valence-corrected chi connectivity index (χ2v) is 5.46. The Morgan fingerprint density at radius 3 is 2.44 bits per heavy atom.